The lowest BCUT2D eigenvalue weighted by atomic mass is 10.1. The fourth-order valence-electron chi connectivity index (χ4n) is 1.53. The third-order valence-corrected chi connectivity index (χ3v) is 3.37. The number of thiazole rings is 1. The Morgan fingerprint density at radius 3 is 2.85 bits per heavy atom. The van der Waals surface area contributed by atoms with Crippen molar-refractivity contribution in [3.63, 3.8) is 0 Å². The molecule has 0 radical (unpaired) electrons. The Balaban J connectivity index is 2.09. The fraction of sp³-hybridized carbons (Fsp3) is 0.154. The second-order valence-corrected chi connectivity index (χ2v) is 5.06. The van der Waals surface area contributed by atoms with Gasteiger partial charge in [0.05, 0.1) is 12.1 Å². The summed E-state index contributed by atoms with van der Waals surface area (Å²) in [5.74, 6) is -1.39. The molecule has 7 heteroatoms. The van der Waals surface area contributed by atoms with E-state index in [0.29, 0.717) is 16.4 Å². The van der Waals surface area contributed by atoms with Crippen LogP contribution in [0.3, 0.4) is 0 Å². The van der Waals surface area contributed by atoms with E-state index in [-0.39, 0.29) is 12.0 Å². The lowest BCUT2D eigenvalue weighted by Crippen LogP contribution is -2.14. The molecule has 0 aliphatic heterocycles. The van der Waals surface area contributed by atoms with Crippen molar-refractivity contribution < 1.29 is 14.0 Å². The van der Waals surface area contributed by atoms with Gasteiger partial charge in [-0.15, -0.1) is 11.3 Å². The highest BCUT2D eigenvalue weighted by atomic mass is 32.1. The summed E-state index contributed by atoms with van der Waals surface area (Å²) in [7, 11) is 0. The van der Waals surface area contributed by atoms with Crippen molar-refractivity contribution in [1.82, 2.24) is 4.98 Å². The van der Waals surface area contributed by atoms with Gasteiger partial charge in [0.15, 0.2) is 5.13 Å². The van der Waals surface area contributed by atoms with Crippen molar-refractivity contribution in [3.8, 4) is 0 Å². The van der Waals surface area contributed by atoms with Gasteiger partial charge in [0.25, 0.3) is 5.91 Å². The first kappa shape index (κ1) is 14.1. The number of hydrogen-bond acceptors (Lipinski definition) is 4. The molecule has 2 amide bonds. The van der Waals surface area contributed by atoms with Gasteiger partial charge in [0.1, 0.15) is 5.82 Å². The summed E-state index contributed by atoms with van der Waals surface area (Å²) in [5, 5.41) is 4.52. The number of nitrogens with one attached hydrogen (secondary N) is 1. The number of anilines is 1. The van der Waals surface area contributed by atoms with Gasteiger partial charge in [-0.25, -0.2) is 9.37 Å². The smallest absolute Gasteiger partial charge is 0.257 e. The summed E-state index contributed by atoms with van der Waals surface area (Å²) < 4.78 is 13.4. The second kappa shape index (κ2) is 5.79. The number of rotatable bonds is 4. The first-order valence-corrected chi connectivity index (χ1v) is 6.64. The standard InChI is InChI=1S/C13H12FN3O2S/c1-7-2-3-8(4-10(7)14)12(19)17-13-16-9(6-20-13)5-11(15)18/h2-4,6H,5H2,1H3,(H2,15,18)(H,16,17,19). The third kappa shape index (κ3) is 3.39. The SMILES string of the molecule is Cc1ccc(C(=O)Nc2nc(CC(N)=O)cs2)cc1F. The highest BCUT2D eigenvalue weighted by molar-refractivity contribution is 7.14. The van der Waals surface area contributed by atoms with Crippen LogP contribution < -0.4 is 11.1 Å². The lowest BCUT2D eigenvalue weighted by molar-refractivity contribution is -0.117. The van der Waals surface area contributed by atoms with Crippen LogP contribution in [0.2, 0.25) is 0 Å². The topological polar surface area (TPSA) is 85.1 Å². The number of aromatic nitrogens is 1. The van der Waals surface area contributed by atoms with Gasteiger partial charge in [0.2, 0.25) is 5.91 Å². The molecule has 0 unspecified atom stereocenters. The first-order valence-electron chi connectivity index (χ1n) is 5.76. The van der Waals surface area contributed by atoms with Crippen LogP contribution in [-0.4, -0.2) is 16.8 Å². The van der Waals surface area contributed by atoms with E-state index < -0.39 is 17.6 Å². The number of aryl methyl sites for hydroxylation is 1. The highest BCUT2D eigenvalue weighted by Crippen LogP contribution is 2.17. The molecule has 3 N–H and O–H groups in total. The average molecular weight is 293 g/mol. The van der Waals surface area contributed by atoms with Gasteiger partial charge in [-0.1, -0.05) is 6.07 Å². The summed E-state index contributed by atoms with van der Waals surface area (Å²) in [6.45, 7) is 1.62. The van der Waals surface area contributed by atoms with Crippen molar-refractivity contribution in [3.05, 3.63) is 46.2 Å². The van der Waals surface area contributed by atoms with Gasteiger partial charge >= 0.3 is 0 Å². The van der Waals surface area contributed by atoms with E-state index >= 15 is 0 Å². The van der Waals surface area contributed by atoms with Crippen LogP contribution in [-0.2, 0) is 11.2 Å². The Hall–Kier alpha value is -2.28. The number of nitrogens with zero attached hydrogens (tertiary/aromatic N) is 1. The molecule has 5 nitrogen and oxygen atoms in total. The van der Waals surface area contributed by atoms with E-state index in [2.05, 4.69) is 10.3 Å². The summed E-state index contributed by atoms with van der Waals surface area (Å²) in [4.78, 5) is 26.7. The van der Waals surface area contributed by atoms with Crippen molar-refractivity contribution in [1.29, 1.82) is 0 Å². The third-order valence-electron chi connectivity index (χ3n) is 2.56. The molecule has 1 aromatic heterocycles. The molecule has 0 atom stereocenters. The van der Waals surface area contributed by atoms with Crippen molar-refractivity contribution in [2.24, 2.45) is 5.73 Å². The molecule has 0 fully saturated rings. The average Bonchev–Trinajstić information content (AvgIpc) is 2.79. The van der Waals surface area contributed by atoms with Gasteiger partial charge < -0.3 is 5.73 Å². The Kier molecular flexibility index (Phi) is 4.09. The van der Waals surface area contributed by atoms with Crippen molar-refractivity contribution in [2.75, 3.05) is 5.32 Å². The zero-order valence-electron chi connectivity index (χ0n) is 10.6. The minimum Gasteiger partial charge on any atom is -0.369 e. The van der Waals surface area contributed by atoms with Gasteiger partial charge in [-0.3, -0.25) is 14.9 Å². The van der Waals surface area contributed by atoms with Crippen LogP contribution in [0, 0.1) is 12.7 Å². The maximum absolute atomic E-state index is 13.4. The number of benzene rings is 1. The molecule has 2 rings (SSSR count). The Labute approximate surface area is 118 Å². The van der Waals surface area contributed by atoms with Crippen LogP contribution in [0.4, 0.5) is 9.52 Å². The van der Waals surface area contributed by atoms with Crippen LogP contribution in [0.25, 0.3) is 0 Å². The number of nitrogens with two attached hydrogens (primary N) is 1. The van der Waals surface area contributed by atoms with Gasteiger partial charge in [-0.2, -0.15) is 0 Å². The van der Waals surface area contributed by atoms with Crippen molar-refractivity contribution >= 4 is 28.3 Å². The predicted molar refractivity (Wildman–Crippen MR) is 74.1 cm³/mol. The number of hydrogen-bond donors (Lipinski definition) is 2. The highest BCUT2D eigenvalue weighted by Gasteiger charge is 2.11. The van der Waals surface area contributed by atoms with E-state index in [1.54, 1.807) is 12.3 Å². The Morgan fingerprint density at radius 2 is 2.20 bits per heavy atom. The quantitative estimate of drug-likeness (QED) is 0.902. The molecule has 0 aliphatic rings. The van der Waals surface area contributed by atoms with E-state index in [1.165, 1.54) is 29.5 Å². The maximum Gasteiger partial charge on any atom is 0.257 e. The van der Waals surface area contributed by atoms with E-state index in [4.69, 9.17) is 5.73 Å². The molecule has 104 valence electrons. The number of amides is 2. The molecule has 0 spiro atoms. The molecule has 1 aromatic carbocycles. The second-order valence-electron chi connectivity index (χ2n) is 4.21. The van der Waals surface area contributed by atoms with Gasteiger partial charge in [0, 0.05) is 10.9 Å². The predicted octanol–water partition coefficient (Wildman–Crippen LogP) is 1.87. The summed E-state index contributed by atoms with van der Waals surface area (Å²) >= 11 is 1.18. The van der Waals surface area contributed by atoms with Crippen LogP contribution in [0.5, 0.6) is 0 Å². The molecule has 2 aromatic rings. The van der Waals surface area contributed by atoms with E-state index in [1.807, 2.05) is 0 Å². The number of primary amides is 1. The molecular weight excluding hydrogens is 281 g/mol. The molecule has 0 bridgehead atoms. The molecule has 1 heterocycles. The van der Waals surface area contributed by atoms with Crippen molar-refractivity contribution in [2.45, 2.75) is 13.3 Å². The molecule has 0 aliphatic carbocycles. The van der Waals surface area contributed by atoms with E-state index in [9.17, 15) is 14.0 Å². The summed E-state index contributed by atoms with van der Waals surface area (Å²) in [5.41, 5.74) is 6.23. The fourth-order valence-corrected chi connectivity index (χ4v) is 2.23. The summed E-state index contributed by atoms with van der Waals surface area (Å²) in [6, 6.07) is 4.24. The number of carbonyl (C=O) groups excluding carboxylic acids is 2. The number of halogens is 1. The maximum atomic E-state index is 13.4. The van der Waals surface area contributed by atoms with E-state index in [0.717, 1.165) is 0 Å². The number of carbonyl (C=O) groups is 2. The van der Waals surface area contributed by atoms with Gasteiger partial charge in [-0.05, 0) is 24.6 Å². The first-order chi connectivity index (χ1) is 9.45. The lowest BCUT2D eigenvalue weighted by Gasteiger charge is -2.03. The van der Waals surface area contributed by atoms with Crippen LogP contribution >= 0.6 is 11.3 Å². The largest absolute Gasteiger partial charge is 0.369 e. The molecule has 20 heavy (non-hydrogen) atoms. The van der Waals surface area contributed by atoms with Crippen LogP contribution in [0.1, 0.15) is 21.6 Å². The molecular formula is C13H12FN3O2S. The Morgan fingerprint density at radius 1 is 1.45 bits per heavy atom. The minimum atomic E-state index is -0.492. The zero-order chi connectivity index (χ0) is 14.7. The minimum absolute atomic E-state index is 0.0194. The monoisotopic (exact) mass is 293 g/mol. The zero-order valence-corrected chi connectivity index (χ0v) is 11.5. The molecule has 0 saturated carbocycles. The normalized spacial score (nSPS) is 10.3. The molecule has 0 saturated heterocycles. The van der Waals surface area contributed by atoms with Crippen LogP contribution in [0.15, 0.2) is 23.6 Å². The Bertz CT molecular complexity index is 669. The summed E-state index contributed by atoms with van der Waals surface area (Å²) in [6.07, 6.45) is 0.0194.